The molecular formula is C18H14FN3O. The van der Waals surface area contributed by atoms with E-state index in [9.17, 15) is 9.18 Å². The van der Waals surface area contributed by atoms with E-state index in [1.807, 2.05) is 36.5 Å². The van der Waals surface area contributed by atoms with Crippen LogP contribution in [0.3, 0.4) is 0 Å². The normalized spacial score (nSPS) is 10.8. The number of carbonyl (C=O) groups is 1. The molecule has 23 heavy (non-hydrogen) atoms. The second-order valence-electron chi connectivity index (χ2n) is 4.89. The molecule has 0 aliphatic carbocycles. The highest BCUT2D eigenvalue weighted by molar-refractivity contribution is 6.01. The molecule has 0 unspecified atom stereocenters. The van der Waals surface area contributed by atoms with Gasteiger partial charge >= 0.3 is 0 Å². The Hall–Kier alpha value is -3.21. The number of anilines is 1. The van der Waals surface area contributed by atoms with Gasteiger partial charge in [-0.2, -0.15) is 5.10 Å². The number of hydrogen-bond acceptors (Lipinski definition) is 2. The number of rotatable bonds is 4. The van der Waals surface area contributed by atoms with Gasteiger partial charge in [0.05, 0.1) is 11.9 Å². The molecule has 0 saturated carbocycles. The van der Waals surface area contributed by atoms with Crippen molar-refractivity contribution in [2.45, 2.75) is 0 Å². The first-order valence-corrected chi connectivity index (χ1v) is 7.05. The molecule has 0 radical (unpaired) electrons. The Bertz CT molecular complexity index is 840. The van der Waals surface area contributed by atoms with Crippen molar-refractivity contribution in [1.82, 2.24) is 9.78 Å². The molecule has 1 N–H and O–H groups in total. The van der Waals surface area contributed by atoms with E-state index in [-0.39, 0.29) is 5.91 Å². The molecule has 0 aliphatic heterocycles. The number of aromatic nitrogens is 2. The lowest BCUT2D eigenvalue weighted by Gasteiger charge is -2.01. The van der Waals surface area contributed by atoms with Crippen molar-refractivity contribution in [3.63, 3.8) is 0 Å². The maximum absolute atomic E-state index is 13.1. The molecular weight excluding hydrogens is 293 g/mol. The third kappa shape index (κ3) is 3.91. The van der Waals surface area contributed by atoms with E-state index in [1.54, 1.807) is 29.1 Å². The minimum Gasteiger partial charge on any atom is -0.322 e. The van der Waals surface area contributed by atoms with Gasteiger partial charge in [-0.25, -0.2) is 9.07 Å². The molecule has 0 bridgehead atoms. The average molecular weight is 307 g/mol. The minimum absolute atomic E-state index is 0.330. The predicted octanol–water partition coefficient (Wildman–Crippen LogP) is 3.66. The summed E-state index contributed by atoms with van der Waals surface area (Å²) in [6.45, 7) is 0. The Morgan fingerprint density at radius 3 is 2.74 bits per heavy atom. The highest BCUT2D eigenvalue weighted by atomic mass is 19.1. The van der Waals surface area contributed by atoms with Crippen molar-refractivity contribution >= 4 is 17.7 Å². The van der Waals surface area contributed by atoms with Crippen molar-refractivity contribution in [2.24, 2.45) is 0 Å². The summed E-state index contributed by atoms with van der Waals surface area (Å²) < 4.78 is 14.8. The van der Waals surface area contributed by atoms with E-state index < -0.39 is 5.82 Å². The van der Waals surface area contributed by atoms with Gasteiger partial charge in [-0.3, -0.25) is 4.79 Å². The van der Waals surface area contributed by atoms with Crippen LogP contribution in [0.15, 0.2) is 73.1 Å². The van der Waals surface area contributed by atoms with Crippen LogP contribution < -0.4 is 5.32 Å². The Labute approximate surface area is 132 Å². The van der Waals surface area contributed by atoms with Gasteiger partial charge in [-0.15, -0.1) is 0 Å². The fourth-order valence-corrected chi connectivity index (χ4v) is 2.07. The number of nitrogens with one attached hydrogen (secondary N) is 1. The lowest BCUT2D eigenvalue weighted by Crippen LogP contribution is -2.07. The molecule has 2 aromatic carbocycles. The summed E-state index contributed by atoms with van der Waals surface area (Å²) in [5.74, 6) is -0.723. The number of carbonyl (C=O) groups excluding carboxylic acids is 1. The zero-order chi connectivity index (χ0) is 16.1. The maximum Gasteiger partial charge on any atom is 0.248 e. The number of hydrogen-bond donors (Lipinski definition) is 1. The smallest absolute Gasteiger partial charge is 0.248 e. The Kier molecular flexibility index (Phi) is 4.29. The standard InChI is InChI=1S/C18H14FN3O/c19-15-5-4-6-16(11-15)21-18(23)10-9-14-12-20-22(13-14)17-7-2-1-3-8-17/h1-13H,(H,21,23)/b10-9+. The second-order valence-corrected chi connectivity index (χ2v) is 4.89. The van der Waals surface area contributed by atoms with Gasteiger partial charge in [0.2, 0.25) is 5.91 Å². The van der Waals surface area contributed by atoms with Crippen LogP contribution >= 0.6 is 0 Å². The molecule has 0 aliphatic rings. The zero-order valence-corrected chi connectivity index (χ0v) is 12.2. The van der Waals surface area contributed by atoms with Crippen LogP contribution in [0, 0.1) is 5.82 Å². The van der Waals surface area contributed by atoms with Gasteiger partial charge < -0.3 is 5.32 Å². The van der Waals surface area contributed by atoms with Crippen molar-refractivity contribution in [2.75, 3.05) is 5.32 Å². The summed E-state index contributed by atoms with van der Waals surface area (Å²) in [4.78, 5) is 11.8. The first kappa shape index (κ1) is 14.7. The highest BCUT2D eigenvalue weighted by Gasteiger charge is 2.01. The third-order valence-corrected chi connectivity index (χ3v) is 3.14. The molecule has 0 atom stereocenters. The van der Waals surface area contributed by atoms with E-state index in [1.165, 1.54) is 18.2 Å². The summed E-state index contributed by atoms with van der Waals surface area (Å²) in [6.07, 6.45) is 6.53. The van der Waals surface area contributed by atoms with Crippen LogP contribution in [0.1, 0.15) is 5.56 Å². The van der Waals surface area contributed by atoms with Gasteiger partial charge in [-0.05, 0) is 36.4 Å². The molecule has 3 aromatic rings. The van der Waals surface area contributed by atoms with Crippen molar-refractivity contribution in [1.29, 1.82) is 0 Å². The molecule has 0 fully saturated rings. The Morgan fingerprint density at radius 2 is 1.96 bits per heavy atom. The van der Waals surface area contributed by atoms with Crippen LogP contribution in [-0.2, 0) is 4.79 Å². The molecule has 0 saturated heterocycles. The molecule has 3 rings (SSSR count). The lowest BCUT2D eigenvalue weighted by atomic mass is 10.3. The monoisotopic (exact) mass is 307 g/mol. The van der Waals surface area contributed by atoms with Crippen LogP contribution in [0.25, 0.3) is 11.8 Å². The van der Waals surface area contributed by atoms with Crippen LogP contribution in [0.2, 0.25) is 0 Å². The zero-order valence-electron chi connectivity index (χ0n) is 12.2. The SMILES string of the molecule is O=C(/C=C/c1cnn(-c2ccccc2)c1)Nc1cccc(F)c1. The Balaban J connectivity index is 1.66. The topological polar surface area (TPSA) is 46.9 Å². The van der Waals surface area contributed by atoms with Gasteiger partial charge in [0.1, 0.15) is 5.82 Å². The number of nitrogens with zero attached hydrogens (tertiary/aromatic N) is 2. The fraction of sp³-hybridized carbons (Fsp3) is 0. The fourth-order valence-electron chi connectivity index (χ4n) is 2.07. The second kappa shape index (κ2) is 6.70. The van der Waals surface area contributed by atoms with Gasteiger partial charge in [0, 0.05) is 23.5 Å². The summed E-state index contributed by atoms with van der Waals surface area (Å²) in [5, 5.41) is 6.84. The highest BCUT2D eigenvalue weighted by Crippen LogP contribution is 2.11. The number of halogens is 1. The summed E-state index contributed by atoms with van der Waals surface area (Å²) >= 11 is 0. The minimum atomic E-state index is -0.393. The van der Waals surface area contributed by atoms with Crippen molar-refractivity contribution in [3.05, 3.63) is 84.4 Å². The number of benzene rings is 2. The van der Waals surface area contributed by atoms with Crippen molar-refractivity contribution in [3.8, 4) is 5.69 Å². The molecule has 114 valence electrons. The van der Waals surface area contributed by atoms with E-state index in [4.69, 9.17) is 0 Å². The molecule has 0 spiro atoms. The van der Waals surface area contributed by atoms with Gasteiger partial charge in [0.15, 0.2) is 0 Å². The summed E-state index contributed by atoms with van der Waals surface area (Å²) in [5.41, 5.74) is 2.15. The van der Waals surface area contributed by atoms with Gasteiger partial charge in [-0.1, -0.05) is 24.3 Å². The lowest BCUT2D eigenvalue weighted by molar-refractivity contribution is -0.111. The average Bonchev–Trinajstić information content (AvgIpc) is 3.03. The van der Waals surface area contributed by atoms with Crippen LogP contribution in [-0.4, -0.2) is 15.7 Å². The molecule has 1 heterocycles. The summed E-state index contributed by atoms with van der Waals surface area (Å²) in [6, 6.07) is 15.4. The van der Waals surface area contributed by atoms with Gasteiger partial charge in [0.25, 0.3) is 0 Å². The molecule has 1 aromatic heterocycles. The van der Waals surface area contributed by atoms with E-state index >= 15 is 0 Å². The van der Waals surface area contributed by atoms with Crippen LogP contribution in [0.5, 0.6) is 0 Å². The quantitative estimate of drug-likeness (QED) is 0.748. The largest absolute Gasteiger partial charge is 0.322 e. The summed E-state index contributed by atoms with van der Waals surface area (Å²) in [7, 11) is 0. The Morgan fingerprint density at radius 1 is 1.13 bits per heavy atom. The maximum atomic E-state index is 13.1. The van der Waals surface area contributed by atoms with E-state index in [0.717, 1.165) is 11.3 Å². The molecule has 4 nitrogen and oxygen atoms in total. The first-order valence-electron chi connectivity index (χ1n) is 7.05. The van der Waals surface area contributed by atoms with Crippen LogP contribution in [0.4, 0.5) is 10.1 Å². The predicted molar refractivity (Wildman–Crippen MR) is 87.6 cm³/mol. The first-order chi connectivity index (χ1) is 11.2. The van der Waals surface area contributed by atoms with E-state index in [0.29, 0.717) is 5.69 Å². The number of amides is 1. The third-order valence-electron chi connectivity index (χ3n) is 3.14. The number of para-hydroxylation sites is 1. The van der Waals surface area contributed by atoms with Crippen molar-refractivity contribution < 1.29 is 9.18 Å². The molecule has 5 heteroatoms. The molecule has 1 amide bonds. The van der Waals surface area contributed by atoms with E-state index in [2.05, 4.69) is 10.4 Å².